The van der Waals surface area contributed by atoms with E-state index in [0.717, 1.165) is 29.6 Å². The van der Waals surface area contributed by atoms with Crippen LogP contribution in [0.5, 0.6) is 0 Å². The zero-order valence-corrected chi connectivity index (χ0v) is 15.1. The summed E-state index contributed by atoms with van der Waals surface area (Å²) in [4.78, 5) is 23.0. The zero-order chi connectivity index (χ0) is 18.4. The number of nitrogens with zero attached hydrogens (tertiary/aromatic N) is 3. The molecule has 0 aliphatic rings. The van der Waals surface area contributed by atoms with Gasteiger partial charge in [-0.15, -0.1) is 0 Å². The van der Waals surface area contributed by atoms with Gasteiger partial charge in [-0.2, -0.15) is 0 Å². The van der Waals surface area contributed by atoms with E-state index in [9.17, 15) is 4.79 Å². The zero-order valence-electron chi connectivity index (χ0n) is 15.1. The molecule has 0 bridgehead atoms. The minimum atomic E-state index is -0.102. The van der Waals surface area contributed by atoms with Gasteiger partial charge in [0.15, 0.2) is 0 Å². The fourth-order valence-electron chi connectivity index (χ4n) is 2.64. The first kappa shape index (κ1) is 17.8. The molecular formula is C20H23N5O. The Bertz CT molecular complexity index is 872. The van der Waals surface area contributed by atoms with E-state index in [0.29, 0.717) is 17.9 Å². The minimum Gasteiger partial charge on any atom is -0.352 e. The van der Waals surface area contributed by atoms with E-state index < -0.39 is 0 Å². The van der Waals surface area contributed by atoms with Gasteiger partial charge in [0.2, 0.25) is 0 Å². The molecule has 0 radical (unpaired) electrons. The number of amides is 1. The van der Waals surface area contributed by atoms with Crippen LogP contribution < -0.4 is 10.6 Å². The van der Waals surface area contributed by atoms with E-state index in [1.165, 1.54) is 0 Å². The average molecular weight is 349 g/mol. The molecule has 0 aliphatic carbocycles. The molecule has 3 rings (SSSR count). The Kier molecular flexibility index (Phi) is 5.76. The third-order valence-electron chi connectivity index (χ3n) is 3.99. The lowest BCUT2D eigenvalue weighted by atomic mass is 10.2. The van der Waals surface area contributed by atoms with Crippen molar-refractivity contribution < 1.29 is 4.79 Å². The molecular weight excluding hydrogens is 326 g/mol. The molecule has 6 nitrogen and oxygen atoms in total. The van der Waals surface area contributed by atoms with Gasteiger partial charge < -0.3 is 15.5 Å². The van der Waals surface area contributed by atoms with E-state index in [4.69, 9.17) is 0 Å². The second-order valence-electron chi connectivity index (χ2n) is 6.35. The van der Waals surface area contributed by atoms with Crippen LogP contribution >= 0.6 is 0 Å². The number of carbonyl (C=O) groups is 1. The number of para-hydroxylation sites is 1. The van der Waals surface area contributed by atoms with Crippen LogP contribution in [0.2, 0.25) is 0 Å². The Balaban J connectivity index is 1.63. The Labute approximate surface area is 153 Å². The lowest BCUT2D eigenvalue weighted by Gasteiger charge is -2.10. The third kappa shape index (κ3) is 4.55. The molecule has 0 saturated heterocycles. The van der Waals surface area contributed by atoms with Crippen molar-refractivity contribution in [2.24, 2.45) is 0 Å². The summed E-state index contributed by atoms with van der Waals surface area (Å²) in [7, 11) is 4.03. The summed E-state index contributed by atoms with van der Waals surface area (Å²) in [6.07, 6.45) is 4.27. The standard InChI is InChI=1S/C20H23N5O/c1-25(2)13-5-12-22-20(26)16-9-10-18(23-14-16)24-17-8-3-6-15-7-4-11-21-19(15)17/h3-4,6-11,14H,5,12-13H2,1-2H3,(H,22,26)(H,23,24). The molecule has 6 heteroatoms. The number of fused-ring (bicyclic) bond motifs is 1. The smallest absolute Gasteiger partial charge is 0.252 e. The van der Waals surface area contributed by atoms with Gasteiger partial charge in [0.25, 0.3) is 5.91 Å². The molecule has 2 heterocycles. The molecule has 26 heavy (non-hydrogen) atoms. The summed E-state index contributed by atoms with van der Waals surface area (Å²) in [6.45, 7) is 1.60. The maximum atomic E-state index is 12.1. The van der Waals surface area contributed by atoms with Crippen LogP contribution in [0.1, 0.15) is 16.8 Å². The van der Waals surface area contributed by atoms with Crippen molar-refractivity contribution in [3.63, 3.8) is 0 Å². The van der Waals surface area contributed by atoms with E-state index in [1.54, 1.807) is 24.5 Å². The van der Waals surface area contributed by atoms with Crippen LogP contribution in [0.3, 0.4) is 0 Å². The SMILES string of the molecule is CN(C)CCCNC(=O)c1ccc(Nc2cccc3cccnc23)nc1. The number of aromatic nitrogens is 2. The number of hydrogen-bond donors (Lipinski definition) is 2. The molecule has 1 aromatic carbocycles. The number of hydrogen-bond acceptors (Lipinski definition) is 5. The second-order valence-corrected chi connectivity index (χ2v) is 6.35. The first-order chi connectivity index (χ1) is 12.6. The van der Waals surface area contributed by atoms with Crippen molar-refractivity contribution in [3.05, 3.63) is 60.4 Å². The molecule has 3 aromatic rings. The highest BCUT2D eigenvalue weighted by molar-refractivity contribution is 5.94. The summed E-state index contributed by atoms with van der Waals surface area (Å²) >= 11 is 0. The van der Waals surface area contributed by atoms with Gasteiger partial charge in [-0.05, 0) is 51.3 Å². The average Bonchev–Trinajstić information content (AvgIpc) is 2.66. The highest BCUT2D eigenvalue weighted by atomic mass is 16.1. The Morgan fingerprint density at radius 2 is 1.92 bits per heavy atom. The van der Waals surface area contributed by atoms with E-state index in [-0.39, 0.29) is 5.91 Å². The fraction of sp³-hybridized carbons (Fsp3) is 0.250. The molecule has 0 fully saturated rings. The minimum absolute atomic E-state index is 0.102. The van der Waals surface area contributed by atoms with Gasteiger partial charge >= 0.3 is 0 Å². The van der Waals surface area contributed by atoms with Gasteiger partial charge in [-0.25, -0.2) is 4.98 Å². The van der Waals surface area contributed by atoms with Gasteiger partial charge in [-0.1, -0.05) is 18.2 Å². The number of carbonyl (C=O) groups excluding carboxylic acids is 1. The van der Waals surface area contributed by atoms with Crippen molar-refractivity contribution in [2.75, 3.05) is 32.5 Å². The van der Waals surface area contributed by atoms with Crippen LogP contribution in [-0.4, -0.2) is 48.0 Å². The maximum absolute atomic E-state index is 12.1. The lowest BCUT2D eigenvalue weighted by Crippen LogP contribution is -2.27. The quantitative estimate of drug-likeness (QED) is 0.642. The summed E-state index contributed by atoms with van der Waals surface area (Å²) in [6, 6.07) is 13.5. The van der Waals surface area contributed by atoms with Crippen molar-refractivity contribution in [1.29, 1.82) is 0 Å². The van der Waals surface area contributed by atoms with Gasteiger partial charge in [-0.3, -0.25) is 9.78 Å². The molecule has 134 valence electrons. The predicted molar refractivity (Wildman–Crippen MR) is 105 cm³/mol. The van der Waals surface area contributed by atoms with Crippen molar-refractivity contribution in [1.82, 2.24) is 20.2 Å². The summed E-state index contributed by atoms with van der Waals surface area (Å²) in [5, 5.41) is 7.24. The van der Waals surface area contributed by atoms with E-state index in [2.05, 4.69) is 25.5 Å². The summed E-state index contributed by atoms with van der Waals surface area (Å²) in [5.74, 6) is 0.571. The van der Waals surface area contributed by atoms with Crippen LogP contribution in [0.25, 0.3) is 10.9 Å². The predicted octanol–water partition coefficient (Wildman–Crippen LogP) is 3.05. The van der Waals surface area contributed by atoms with Crippen molar-refractivity contribution in [2.45, 2.75) is 6.42 Å². The van der Waals surface area contributed by atoms with Crippen LogP contribution in [0, 0.1) is 0 Å². The normalized spacial score (nSPS) is 10.9. The van der Waals surface area contributed by atoms with Crippen LogP contribution in [0.4, 0.5) is 11.5 Å². The van der Waals surface area contributed by atoms with Crippen LogP contribution in [0.15, 0.2) is 54.9 Å². The number of rotatable bonds is 7. The first-order valence-corrected chi connectivity index (χ1v) is 8.63. The molecule has 0 aliphatic heterocycles. The molecule has 0 saturated carbocycles. The lowest BCUT2D eigenvalue weighted by molar-refractivity contribution is 0.0952. The Morgan fingerprint density at radius 1 is 1.08 bits per heavy atom. The molecule has 2 aromatic heterocycles. The summed E-state index contributed by atoms with van der Waals surface area (Å²) < 4.78 is 0. The molecule has 2 N–H and O–H groups in total. The molecule has 0 spiro atoms. The number of nitrogens with one attached hydrogen (secondary N) is 2. The van der Waals surface area contributed by atoms with Gasteiger partial charge in [0.1, 0.15) is 5.82 Å². The maximum Gasteiger partial charge on any atom is 0.252 e. The highest BCUT2D eigenvalue weighted by Gasteiger charge is 2.07. The number of pyridine rings is 2. The topological polar surface area (TPSA) is 70.2 Å². The molecule has 1 amide bonds. The number of benzene rings is 1. The van der Waals surface area contributed by atoms with Crippen molar-refractivity contribution >= 4 is 28.3 Å². The largest absolute Gasteiger partial charge is 0.352 e. The number of anilines is 2. The van der Waals surface area contributed by atoms with Gasteiger partial charge in [0, 0.05) is 24.3 Å². The third-order valence-corrected chi connectivity index (χ3v) is 3.99. The van der Waals surface area contributed by atoms with Gasteiger partial charge in [0.05, 0.1) is 16.8 Å². The van der Waals surface area contributed by atoms with Crippen molar-refractivity contribution in [3.8, 4) is 0 Å². The first-order valence-electron chi connectivity index (χ1n) is 8.63. The summed E-state index contributed by atoms with van der Waals surface area (Å²) in [5.41, 5.74) is 2.33. The molecule has 0 atom stereocenters. The Morgan fingerprint density at radius 3 is 2.69 bits per heavy atom. The van der Waals surface area contributed by atoms with Crippen LogP contribution in [-0.2, 0) is 0 Å². The fourth-order valence-corrected chi connectivity index (χ4v) is 2.64. The second kappa shape index (κ2) is 8.40. The molecule has 0 unspecified atom stereocenters. The monoisotopic (exact) mass is 349 g/mol. The highest BCUT2D eigenvalue weighted by Crippen LogP contribution is 2.23. The van der Waals surface area contributed by atoms with E-state index in [1.807, 2.05) is 44.4 Å². The van der Waals surface area contributed by atoms with E-state index >= 15 is 0 Å². The Hall–Kier alpha value is -2.99.